The van der Waals surface area contributed by atoms with Gasteiger partial charge < -0.3 is 20.1 Å². The fourth-order valence-corrected chi connectivity index (χ4v) is 3.62. The Kier molecular flexibility index (Phi) is 9.84. The van der Waals surface area contributed by atoms with E-state index in [-0.39, 0.29) is 41.3 Å². The molecule has 2 N–H and O–H groups in total. The average Bonchev–Trinajstić information content (AvgIpc) is 2.77. The number of guanidine groups is 1. The fraction of sp³-hybridized carbons (Fsp3) is 0.435. The zero-order chi connectivity index (χ0) is 20.5. The van der Waals surface area contributed by atoms with Crippen molar-refractivity contribution in [3.63, 3.8) is 0 Å². The molecule has 0 radical (unpaired) electrons. The monoisotopic (exact) mass is 527 g/mol. The van der Waals surface area contributed by atoms with Gasteiger partial charge in [0.25, 0.3) is 0 Å². The van der Waals surface area contributed by atoms with Crippen LogP contribution < -0.4 is 15.4 Å². The Morgan fingerprint density at radius 1 is 1.10 bits per heavy atom. The molecule has 2 aromatic carbocycles. The van der Waals surface area contributed by atoms with E-state index in [1.807, 2.05) is 13.0 Å². The standard InChI is InChI=1S/C23H30FN3O2.HI/c1-18(29-21-10-8-20(24)9-11-21)16-26-22(25-2)27-17-23(12-14-28-15-13-23)19-6-4-3-5-7-19;/h3-11,18H,12-17H2,1-2H3,(H2,25,26,27);1H. The van der Waals surface area contributed by atoms with E-state index in [2.05, 4.69) is 39.9 Å². The van der Waals surface area contributed by atoms with Gasteiger partial charge in [0.05, 0.1) is 6.54 Å². The van der Waals surface area contributed by atoms with Gasteiger partial charge in [0.2, 0.25) is 0 Å². The predicted molar refractivity (Wildman–Crippen MR) is 129 cm³/mol. The molecule has 1 unspecified atom stereocenters. The summed E-state index contributed by atoms with van der Waals surface area (Å²) in [5, 5.41) is 6.80. The van der Waals surface area contributed by atoms with Crippen LogP contribution in [0.1, 0.15) is 25.3 Å². The molecule has 30 heavy (non-hydrogen) atoms. The molecule has 1 aliphatic rings. The summed E-state index contributed by atoms with van der Waals surface area (Å²) in [6.07, 6.45) is 1.86. The summed E-state index contributed by atoms with van der Waals surface area (Å²) in [7, 11) is 1.76. The van der Waals surface area contributed by atoms with Gasteiger partial charge in [0, 0.05) is 32.2 Å². The molecule has 0 saturated carbocycles. The summed E-state index contributed by atoms with van der Waals surface area (Å²) in [6.45, 7) is 4.87. The van der Waals surface area contributed by atoms with Crippen LogP contribution >= 0.6 is 24.0 Å². The number of nitrogens with zero attached hydrogens (tertiary/aromatic N) is 1. The summed E-state index contributed by atoms with van der Waals surface area (Å²) in [5.41, 5.74) is 1.37. The number of hydrogen-bond acceptors (Lipinski definition) is 3. The second kappa shape index (κ2) is 12.1. The van der Waals surface area contributed by atoms with Crippen LogP contribution in [0.15, 0.2) is 59.6 Å². The maximum Gasteiger partial charge on any atom is 0.191 e. The number of hydrogen-bond donors (Lipinski definition) is 2. The summed E-state index contributed by atoms with van der Waals surface area (Å²) in [4.78, 5) is 4.35. The van der Waals surface area contributed by atoms with Crippen LogP contribution in [0.2, 0.25) is 0 Å². The normalized spacial score (nSPS) is 16.8. The Bertz CT molecular complexity index is 781. The van der Waals surface area contributed by atoms with E-state index in [4.69, 9.17) is 9.47 Å². The fourth-order valence-electron chi connectivity index (χ4n) is 3.62. The van der Waals surface area contributed by atoms with Crippen molar-refractivity contribution in [2.24, 2.45) is 4.99 Å². The first kappa shape index (κ1) is 24.4. The SMILES string of the molecule is CN=C(NCC(C)Oc1ccc(F)cc1)NCC1(c2ccccc2)CCOCC1.I. The lowest BCUT2D eigenvalue weighted by Gasteiger charge is -2.38. The minimum Gasteiger partial charge on any atom is -0.489 e. The van der Waals surface area contributed by atoms with Crippen molar-refractivity contribution in [1.82, 2.24) is 10.6 Å². The van der Waals surface area contributed by atoms with Crippen molar-refractivity contribution in [1.29, 1.82) is 0 Å². The highest BCUT2D eigenvalue weighted by atomic mass is 127. The van der Waals surface area contributed by atoms with Crippen molar-refractivity contribution in [2.45, 2.75) is 31.3 Å². The van der Waals surface area contributed by atoms with Crippen LogP contribution in [-0.4, -0.2) is 45.4 Å². The largest absolute Gasteiger partial charge is 0.489 e. The molecule has 1 atom stereocenters. The maximum atomic E-state index is 13.0. The third-order valence-corrected chi connectivity index (χ3v) is 5.36. The average molecular weight is 527 g/mol. The molecule has 3 rings (SSSR count). The van der Waals surface area contributed by atoms with Crippen molar-refractivity contribution in [3.8, 4) is 5.75 Å². The molecular formula is C23H31FIN3O2. The zero-order valence-electron chi connectivity index (χ0n) is 17.6. The number of nitrogens with one attached hydrogen (secondary N) is 2. The molecular weight excluding hydrogens is 496 g/mol. The zero-order valence-corrected chi connectivity index (χ0v) is 19.9. The molecule has 0 bridgehead atoms. The number of rotatable bonds is 7. The second-order valence-electron chi connectivity index (χ2n) is 7.45. The molecule has 2 aromatic rings. The third-order valence-electron chi connectivity index (χ3n) is 5.36. The Hall–Kier alpha value is -1.87. The summed E-state index contributed by atoms with van der Waals surface area (Å²) in [6, 6.07) is 16.7. The summed E-state index contributed by atoms with van der Waals surface area (Å²) in [5.74, 6) is 1.11. The number of benzene rings is 2. The van der Waals surface area contributed by atoms with E-state index in [0.717, 1.165) is 38.6 Å². The van der Waals surface area contributed by atoms with Crippen LogP contribution in [0.4, 0.5) is 4.39 Å². The lowest BCUT2D eigenvalue weighted by atomic mass is 9.74. The van der Waals surface area contributed by atoms with Crippen molar-refractivity contribution < 1.29 is 13.9 Å². The van der Waals surface area contributed by atoms with E-state index in [9.17, 15) is 4.39 Å². The molecule has 0 aromatic heterocycles. The van der Waals surface area contributed by atoms with Crippen LogP contribution in [-0.2, 0) is 10.2 Å². The number of ether oxygens (including phenoxy) is 2. The summed E-state index contributed by atoms with van der Waals surface area (Å²) >= 11 is 0. The smallest absolute Gasteiger partial charge is 0.191 e. The van der Waals surface area contributed by atoms with Gasteiger partial charge in [-0.25, -0.2) is 4.39 Å². The Morgan fingerprint density at radius 2 is 1.77 bits per heavy atom. The van der Waals surface area contributed by atoms with E-state index in [0.29, 0.717) is 12.3 Å². The lowest BCUT2D eigenvalue weighted by molar-refractivity contribution is 0.0513. The predicted octanol–water partition coefficient (Wildman–Crippen LogP) is 4.12. The molecule has 164 valence electrons. The molecule has 1 fully saturated rings. The first-order chi connectivity index (χ1) is 14.1. The molecule has 0 amide bonds. The first-order valence-corrected chi connectivity index (χ1v) is 10.1. The quantitative estimate of drug-likeness (QED) is 0.323. The molecule has 1 aliphatic heterocycles. The van der Waals surface area contributed by atoms with Gasteiger partial charge in [-0.2, -0.15) is 0 Å². The number of aliphatic imine (C=N–C) groups is 1. The minimum atomic E-state index is -0.270. The molecule has 5 nitrogen and oxygen atoms in total. The van der Waals surface area contributed by atoms with E-state index in [1.54, 1.807) is 19.2 Å². The second-order valence-corrected chi connectivity index (χ2v) is 7.45. The van der Waals surface area contributed by atoms with Gasteiger partial charge in [0.15, 0.2) is 5.96 Å². The van der Waals surface area contributed by atoms with Gasteiger partial charge in [0.1, 0.15) is 17.7 Å². The van der Waals surface area contributed by atoms with Gasteiger partial charge in [-0.15, -0.1) is 24.0 Å². The van der Waals surface area contributed by atoms with Crippen LogP contribution in [0, 0.1) is 5.82 Å². The van der Waals surface area contributed by atoms with Crippen LogP contribution in [0.3, 0.4) is 0 Å². The van der Waals surface area contributed by atoms with Gasteiger partial charge >= 0.3 is 0 Å². The first-order valence-electron chi connectivity index (χ1n) is 10.1. The van der Waals surface area contributed by atoms with Crippen molar-refractivity contribution in [2.75, 3.05) is 33.4 Å². The Morgan fingerprint density at radius 3 is 2.40 bits per heavy atom. The highest BCUT2D eigenvalue weighted by Crippen LogP contribution is 2.34. The Balaban J connectivity index is 0.00000320. The molecule has 1 heterocycles. The molecule has 1 saturated heterocycles. The summed E-state index contributed by atoms with van der Waals surface area (Å²) < 4.78 is 24.4. The maximum absolute atomic E-state index is 13.0. The van der Waals surface area contributed by atoms with Gasteiger partial charge in [-0.1, -0.05) is 30.3 Å². The lowest BCUT2D eigenvalue weighted by Crippen LogP contribution is -2.49. The van der Waals surface area contributed by atoms with E-state index < -0.39 is 0 Å². The topological polar surface area (TPSA) is 54.9 Å². The molecule has 0 spiro atoms. The molecule has 7 heteroatoms. The third kappa shape index (κ3) is 6.84. The van der Waals surface area contributed by atoms with Crippen molar-refractivity contribution in [3.05, 3.63) is 66.0 Å². The molecule has 0 aliphatic carbocycles. The van der Waals surface area contributed by atoms with E-state index >= 15 is 0 Å². The minimum absolute atomic E-state index is 0. The highest BCUT2D eigenvalue weighted by Gasteiger charge is 2.34. The van der Waals surface area contributed by atoms with Crippen molar-refractivity contribution >= 4 is 29.9 Å². The van der Waals surface area contributed by atoms with Gasteiger partial charge in [-0.3, -0.25) is 4.99 Å². The number of halogens is 2. The van der Waals surface area contributed by atoms with Crippen LogP contribution in [0.5, 0.6) is 5.75 Å². The van der Waals surface area contributed by atoms with E-state index in [1.165, 1.54) is 17.7 Å². The highest BCUT2D eigenvalue weighted by molar-refractivity contribution is 14.0. The van der Waals surface area contributed by atoms with Crippen LogP contribution in [0.25, 0.3) is 0 Å². The van der Waals surface area contributed by atoms with Gasteiger partial charge in [-0.05, 0) is 49.6 Å². The Labute approximate surface area is 195 Å².